The molecule has 3 N–H and O–H groups in total. The highest BCUT2D eigenvalue weighted by atomic mass is 32.2. The van der Waals surface area contributed by atoms with Gasteiger partial charge in [0.25, 0.3) is 0 Å². The molecule has 0 amide bonds. The molecule has 1 heterocycles. The molecule has 1 fully saturated rings. The number of aliphatic hydroxyl groups is 2. The van der Waals surface area contributed by atoms with Gasteiger partial charge in [-0.3, -0.25) is 0 Å². The molecule has 0 aromatic heterocycles. The van der Waals surface area contributed by atoms with Gasteiger partial charge in [0, 0.05) is 24.1 Å². The lowest BCUT2D eigenvalue weighted by Crippen LogP contribution is -2.45. The SMILES string of the molecule is OCC(O)CSC1CNC1. The van der Waals surface area contributed by atoms with Crippen LogP contribution in [0.5, 0.6) is 0 Å². The first-order valence-corrected chi connectivity index (χ1v) is 4.49. The summed E-state index contributed by atoms with van der Waals surface area (Å²) < 4.78 is 0. The van der Waals surface area contributed by atoms with Crippen LogP contribution in [0, 0.1) is 0 Å². The maximum Gasteiger partial charge on any atom is 0.0861 e. The molecular formula is C6H13NO2S. The van der Waals surface area contributed by atoms with Gasteiger partial charge in [0.2, 0.25) is 0 Å². The van der Waals surface area contributed by atoms with Gasteiger partial charge in [0.05, 0.1) is 12.7 Å². The van der Waals surface area contributed by atoms with Crippen molar-refractivity contribution >= 4 is 11.8 Å². The molecule has 1 unspecified atom stereocenters. The van der Waals surface area contributed by atoms with Crippen LogP contribution in [0.2, 0.25) is 0 Å². The molecule has 4 heteroatoms. The number of nitrogens with one attached hydrogen (secondary N) is 1. The molecule has 0 bridgehead atoms. The number of thioether (sulfide) groups is 1. The van der Waals surface area contributed by atoms with Crippen molar-refractivity contribution in [3.8, 4) is 0 Å². The number of aliphatic hydroxyl groups excluding tert-OH is 2. The van der Waals surface area contributed by atoms with Crippen molar-refractivity contribution in [2.45, 2.75) is 11.4 Å². The molecule has 1 atom stereocenters. The molecule has 0 aromatic carbocycles. The molecule has 1 saturated heterocycles. The second kappa shape index (κ2) is 4.18. The van der Waals surface area contributed by atoms with Gasteiger partial charge in [0.15, 0.2) is 0 Å². The van der Waals surface area contributed by atoms with E-state index in [4.69, 9.17) is 10.2 Å². The van der Waals surface area contributed by atoms with Gasteiger partial charge in [-0.05, 0) is 0 Å². The largest absolute Gasteiger partial charge is 0.394 e. The quantitative estimate of drug-likeness (QED) is 0.500. The van der Waals surface area contributed by atoms with E-state index in [0.29, 0.717) is 11.0 Å². The van der Waals surface area contributed by atoms with E-state index in [1.807, 2.05) is 0 Å². The number of hydrogen-bond donors (Lipinski definition) is 3. The molecule has 3 nitrogen and oxygen atoms in total. The monoisotopic (exact) mass is 163 g/mol. The van der Waals surface area contributed by atoms with Gasteiger partial charge >= 0.3 is 0 Å². The van der Waals surface area contributed by atoms with Gasteiger partial charge in [-0.15, -0.1) is 0 Å². The van der Waals surface area contributed by atoms with Crippen molar-refractivity contribution in [2.24, 2.45) is 0 Å². The highest BCUT2D eigenvalue weighted by molar-refractivity contribution is 8.00. The lowest BCUT2D eigenvalue weighted by atomic mass is 10.3. The summed E-state index contributed by atoms with van der Waals surface area (Å²) in [5, 5.41) is 21.2. The highest BCUT2D eigenvalue weighted by Crippen LogP contribution is 2.15. The van der Waals surface area contributed by atoms with E-state index in [-0.39, 0.29) is 6.61 Å². The average Bonchev–Trinajstić information content (AvgIpc) is 1.84. The summed E-state index contributed by atoms with van der Waals surface area (Å²) in [6, 6.07) is 0. The summed E-state index contributed by atoms with van der Waals surface area (Å²) in [6.45, 7) is 1.97. The summed E-state index contributed by atoms with van der Waals surface area (Å²) in [7, 11) is 0. The fourth-order valence-corrected chi connectivity index (χ4v) is 1.75. The van der Waals surface area contributed by atoms with Crippen molar-refractivity contribution in [3.05, 3.63) is 0 Å². The lowest BCUT2D eigenvalue weighted by Gasteiger charge is -2.26. The Hall–Kier alpha value is 0.230. The normalized spacial score (nSPS) is 22.2. The Morgan fingerprint density at radius 1 is 1.60 bits per heavy atom. The van der Waals surface area contributed by atoms with E-state index >= 15 is 0 Å². The molecule has 0 aliphatic carbocycles. The maximum atomic E-state index is 8.94. The Morgan fingerprint density at radius 2 is 2.30 bits per heavy atom. The van der Waals surface area contributed by atoms with Crippen molar-refractivity contribution in [3.63, 3.8) is 0 Å². The molecule has 0 radical (unpaired) electrons. The van der Waals surface area contributed by atoms with Crippen molar-refractivity contribution in [1.82, 2.24) is 5.32 Å². The van der Waals surface area contributed by atoms with Crippen LogP contribution < -0.4 is 5.32 Å². The summed E-state index contributed by atoms with van der Waals surface area (Å²) in [5.74, 6) is 0.656. The third kappa shape index (κ3) is 2.46. The lowest BCUT2D eigenvalue weighted by molar-refractivity contribution is 0.113. The Kier molecular flexibility index (Phi) is 3.48. The summed E-state index contributed by atoms with van der Waals surface area (Å²) in [5.41, 5.74) is 0. The average molecular weight is 163 g/mol. The topological polar surface area (TPSA) is 52.5 Å². The molecule has 0 spiro atoms. The van der Waals surface area contributed by atoms with E-state index in [9.17, 15) is 0 Å². The first-order valence-electron chi connectivity index (χ1n) is 3.44. The van der Waals surface area contributed by atoms with Gasteiger partial charge in [-0.2, -0.15) is 11.8 Å². The Bertz CT molecular complexity index is 93.0. The van der Waals surface area contributed by atoms with Crippen LogP contribution in [-0.4, -0.2) is 47.0 Å². The summed E-state index contributed by atoms with van der Waals surface area (Å²) in [4.78, 5) is 0. The van der Waals surface area contributed by atoms with Gasteiger partial charge in [-0.25, -0.2) is 0 Å². The van der Waals surface area contributed by atoms with Gasteiger partial charge in [-0.1, -0.05) is 0 Å². The molecule has 1 aliphatic heterocycles. The third-order valence-electron chi connectivity index (χ3n) is 1.48. The standard InChI is InChI=1S/C6H13NO2S/c8-3-5(9)4-10-6-1-7-2-6/h5-9H,1-4H2. The zero-order chi connectivity index (χ0) is 7.40. The van der Waals surface area contributed by atoms with Gasteiger partial charge in [0.1, 0.15) is 0 Å². The molecule has 1 rings (SSSR count). The van der Waals surface area contributed by atoms with Gasteiger partial charge < -0.3 is 15.5 Å². The maximum absolute atomic E-state index is 8.94. The zero-order valence-electron chi connectivity index (χ0n) is 5.79. The highest BCUT2D eigenvalue weighted by Gasteiger charge is 2.17. The Morgan fingerprint density at radius 3 is 2.70 bits per heavy atom. The van der Waals surface area contributed by atoms with E-state index in [1.165, 1.54) is 0 Å². The van der Waals surface area contributed by atoms with Crippen LogP contribution in [0.25, 0.3) is 0 Å². The Labute approximate surface area is 64.8 Å². The van der Waals surface area contributed by atoms with E-state index in [2.05, 4.69) is 5.32 Å². The molecule has 0 saturated carbocycles. The Balaban J connectivity index is 1.93. The fraction of sp³-hybridized carbons (Fsp3) is 1.00. The minimum absolute atomic E-state index is 0.118. The second-order valence-corrected chi connectivity index (χ2v) is 3.78. The van der Waals surface area contributed by atoms with Crippen molar-refractivity contribution < 1.29 is 10.2 Å². The van der Waals surface area contributed by atoms with Crippen LogP contribution in [0.15, 0.2) is 0 Å². The van der Waals surface area contributed by atoms with Crippen LogP contribution in [-0.2, 0) is 0 Å². The second-order valence-electron chi connectivity index (χ2n) is 2.45. The van der Waals surface area contributed by atoms with Crippen molar-refractivity contribution in [2.75, 3.05) is 25.4 Å². The van der Waals surface area contributed by atoms with Crippen LogP contribution in [0.4, 0.5) is 0 Å². The predicted octanol–water partition coefficient (Wildman–Crippen LogP) is -0.955. The van der Waals surface area contributed by atoms with Crippen LogP contribution in [0.1, 0.15) is 0 Å². The van der Waals surface area contributed by atoms with Crippen LogP contribution >= 0.6 is 11.8 Å². The minimum atomic E-state index is -0.536. The fourth-order valence-electron chi connectivity index (χ4n) is 0.680. The van der Waals surface area contributed by atoms with Crippen LogP contribution in [0.3, 0.4) is 0 Å². The van der Waals surface area contributed by atoms with Crippen molar-refractivity contribution in [1.29, 1.82) is 0 Å². The summed E-state index contributed by atoms with van der Waals surface area (Å²) >= 11 is 1.72. The smallest absolute Gasteiger partial charge is 0.0861 e. The first-order chi connectivity index (χ1) is 4.83. The molecule has 0 aromatic rings. The zero-order valence-corrected chi connectivity index (χ0v) is 6.60. The number of hydrogen-bond acceptors (Lipinski definition) is 4. The molecule has 1 aliphatic rings. The number of rotatable bonds is 4. The molecule has 60 valence electrons. The predicted molar refractivity (Wildman–Crippen MR) is 42.2 cm³/mol. The first kappa shape index (κ1) is 8.33. The summed E-state index contributed by atoms with van der Waals surface area (Å²) in [6.07, 6.45) is -0.536. The third-order valence-corrected chi connectivity index (χ3v) is 2.86. The van der Waals surface area contributed by atoms with E-state index in [0.717, 1.165) is 13.1 Å². The minimum Gasteiger partial charge on any atom is -0.394 e. The van der Waals surface area contributed by atoms with E-state index < -0.39 is 6.10 Å². The molecular weight excluding hydrogens is 150 g/mol. The van der Waals surface area contributed by atoms with E-state index in [1.54, 1.807) is 11.8 Å². The molecule has 10 heavy (non-hydrogen) atoms.